The third-order valence-corrected chi connectivity index (χ3v) is 5.43. The smallest absolute Gasteiger partial charge is 0.224 e. The van der Waals surface area contributed by atoms with Gasteiger partial charge in [-0.1, -0.05) is 5.21 Å². The Balaban J connectivity index is 1.34. The van der Waals surface area contributed by atoms with Crippen molar-refractivity contribution in [3.63, 3.8) is 0 Å². The van der Waals surface area contributed by atoms with Gasteiger partial charge in [0, 0.05) is 24.0 Å². The van der Waals surface area contributed by atoms with E-state index in [1.54, 1.807) is 17.7 Å². The first-order valence-corrected chi connectivity index (χ1v) is 9.38. The summed E-state index contributed by atoms with van der Waals surface area (Å²) < 4.78 is 1.99. The van der Waals surface area contributed by atoms with E-state index in [-0.39, 0.29) is 5.95 Å². The van der Waals surface area contributed by atoms with Crippen molar-refractivity contribution in [1.29, 1.82) is 0 Å². The van der Waals surface area contributed by atoms with E-state index >= 15 is 0 Å². The number of anilines is 2. The maximum atomic E-state index is 5.83. The number of hydrogen-bond acceptors (Lipinski definition) is 8. The summed E-state index contributed by atoms with van der Waals surface area (Å²) in [5, 5.41) is 12.8. The maximum Gasteiger partial charge on any atom is 0.224 e. The number of rotatable bonds is 3. The fourth-order valence-corrected chi connectivity index (χ4v) is 4.05. The van der Waals surface area contributed by atoms with Crippen LogP contribution in [0.3, 0.4) is 0 Å². The summed E-state index contributed by atoms with van der Waals surface area (Å²) in [6.45, 7) is 1.73. The Labute approximate surface area is 152 Å². The van der Waals surface area contributed by atoms with E-state index in [9.17, 15) is 0 Å². The molecular weight excluding hydrogens is 350 g/mol. The molecule has 9 nitrogen and oxygen atoms in total. The summed E-state index contributed by atoms with van der Waals surface area (Å²) in [5.41, 5.74) is 9.32. The summed E-state index contributed by atoms with van der Waals surface area (Å²) in [6.07, 6.45) is 5.59. The highest BCUT2D eigenvalue weighted by molar-refractivity contribution is 7.08. The minimum absolute atomic E-state index is 0.249. The van der Waals surface area contributed by atoms with Crippen LogP contribution >= 0.6 is 11.3 Å². The Morgan fingerprint density at radius 2 is 2.12 bits per heavy atom. The number of hydrogen-bond donors (Lipinski definition) is 2. The molecule has 5 heterocycles. The van der Waals surface area contributed by atoms with Gasteiger partial charge in [-0.3, -0.25) is 0 Å². The molecule has 132 valence electrons. The first kappa shape index (κ1) is 15.3. The summed E-state index contributed by atoms with van der Waals surface area (Å²) >= 11 is 1.67. The lowest BCUT2D eigenvalue weighted by atomic mass is 10.1. The van der Waals surface area contributed by atoms with Crippen LogP contribution < -0.4 is 10.6 Å². The molecule has 1 fully saturated rings. The van der Waals surface area contributed by atoms with E-state index in [1.807, 2.05) is 10.9 Å². The topological polar surface area (TPSA) is 114 Å². The second-order valence-corrected chi connectivity index (χ2v) is 7.10. The van der Waals surface area contributed by atoms with Crippen LogP contribution in [0, 0.1) is 0 Å². The van der Waals surface area contributed by atoms with Gasteiger partial charge in [-0.15, -0.1) is 5.10 Å². The van der Waals surface area contributed by atoms with Crippen molar-refractivity contribution in [2.75, 3.05) is 23.7 Å². The van der Waals surface area contributed by atoms with Gasteiger partial charge in [-0.2, -0.15) is 21.3 Å². The van der Waals surface area contributed by atoms with Crippen LogP contribution in [0.15, 0.2) is 29.4 Å². The van der Waals surface area contributed by atoms with E-state index in [1.165, 1.54) is 0 Å². The number of aromatic nitrogens is 7. The predicted octanol–water partition coefficient (Wildman–Crippen LogP) is 2.10. The van der Waals surface area contributed by atoms with Crippen molar-refractivity contribution in [3.8, 4) is 11.3 Å². The Hall–Kier alpha value is -3.01. The number of fused-ring (bicyclic) bond motifs is 1. The lowest BCUT2D eigenvalue weighted by molar-refractivity contribution is 0.359. The van der Waals surface area contributed by atoms with Crippen LogP contribution in [-0.4, -0.2) is 48.0 Å². The molecule has 3 N–H and O–H groups in total. The Kier molecular flexibility index (Phi) is 3.56. The average molecular weight is 367 g/mol. The Morgan fingerprint density at radius 1 is 1.23 bits per heavy atom. The molecule has 1 aliphatic heterocycles. The minimum Gasteiger partial charge on any atom is -0.368 e. The number of nitrogens with two attached hydrogens (primary N) is 1. The zero-order valence-electron chi connectivity index (χ0n) is 13.9. The number of piperidine rings is 1. The number of aromatic amines is 1. The van der Waals surface area contributed by atoms with Crippen LogP contribution in [0.2, 0.25) is 0 Å². The first-order valence-electron chi connectivity index (χ1n) is 8.44. The molecule has 0 aromatic carbocycles. The van der Waals surface area contributed by atoms with Gasteiger partial charge < -0.3 is 15.6 Å². The van der Waals surface area contributed by atoms with Crippen LogP contribution in [0.5, 0.6) is 0 Å². The molecule has 0 radical (unpaired) electrons. The molecule has 0 bridgehead atoms. The monoisotopic (exact) mass is 367 g/mol. The van der Waals surface area contributed by atoms with E-state index < -0.39 is 0 Å². The number of nitrogens with one attached hydrogen (secondary N) is 1. The van der Waals surface area contributed by atoms with Crippen molar-refractivity contribution >= 4 is 34.3 Å². The van der Waals surface area contributed by atoms with Gasteiger partial charge in [0.1, 0.15) is 11.2 Å². The summed E-state index contributed by atoms with van der Waals surface area (Å²) in [7, 11) is 0. The Bertz CT molecular complexity index is 1030. The number of H-pyrrole nitrogens is 1. The standard InChI is InChI=1S/C16H17N9S/c17-16-20-14-13(18-9-19-14)15(21-16)24-4-1-11(2-5-24)25-7-12(22-23-25)10-3-6-26-8-10/h3,6-9,11H,1-2,4-5H2,(H3,17,18,19,20,21). The average Bonchev–Trinajstić information content (AvgIpc) is 3.40. The Morgan fingerprint density at radius 3 is 2.92 bits per heavy atom. The summed E-state index contributed by atoms with van der Waals surface area (Å²) in [6, 6.07) is 2.40. The second kappa shape index (κ2) is 6.06. The number of thiophene rings is 1. The summed E-state index contributed by atoms with van der Waals surface area (Å²) in [4.78, 5) is 18.1. The van der Waals surface area contributed by atoms with Crippen LogP contribution in [0.1, 0.15) is 18.9 Å². The molecular formula is C16H17N9S. The SMILES string of the molecule is Nc1nc(N2CCC(n3cc(-c4ccsc4)nn3)CC2)c2[nH]cnc2n1. The van der Waals surface area contributed by atoms with Gasteiger partial charge in [-0.25, -0.2) is 9.67 Å². The lowest BCUT2D eigenvalue weighted by Gasteiger charge is -2.32. The number of imidazole rings is 1. The maximum absolute atomic E-state index is 5.83. The van der Waals surface area contributed by atoms with Crippen LogP contribution in [-0.2, 0) is 0 Å². The highest BCUT2D eigenvalue weighted by Gasteiger charge is 2.25. The van der Waals surface area contributed by atoms with E-state index in [4.69, 9.17) is 5.73 Å². The van der Waals surface area contributed by atoms with E-state index in [0.29, 0.717) is 11.7 Å². The molecule has 0 aliphatic carbocycles. The zero-order chi connectivity index (χ0) is 17.5. The molecule has 1 saturated heterocycles. The molecule has 0 spiro atoms. The predicted molar refractivity (Wildman–Crippen MR) is 99.9 cm³/mol. The zero-order valence-corrected chi connectivity index (χ0v) is 14.7. The molecule has 26 heavy (non-hydrogen) atoms. The van der Waals surface area contributed by atoms with Gasteiger partial charge in [0.2, 0.25) is 5.95 Å². The molecule has 0 saturated carbocycles. The van der Waals surface area contributed by atoms with Crippen molar-refractivity contribution in [2.45, 2.75) is 18.9 Å². The molecule has 0 atom stereocenters. The van der Waals surface area contributed by atoms with Gasteiger partial charge >= 0.3 is 0 Å². The highest BCUT2D eigenvalue weighted by Crippen LogP contribution is 2.29. The van der Waals surface area contributed by atoms with Crippen molar-refractivity contribution in [3.05, 3.63) is 29.4 Å². The second-order valence-electron chi connectivity index (χ2n) is 6.32. The molecule has 4 aromatic heterocycles. The molecule has 4 aromatic rings. The van der Waals surface area contributed by atoms with Crippen LogP contribution in [0.25, 0.3) is 22.4 Å². The molecule has 0 amide bonds. The van der Waals surface area contributed by atoms with Crippen molar-refractivity contribution < 1.29 is 0 Å². The van der Waals surface area contributed by atoms with Gasteiger partial charge in [0.15, 0.2) is 11.5 Å². The van der Waals surface area contributed by atoms with Gasteiger partial charge in [-0.05, 0) is 24.3 Å². The molecule has 1 aliphatic rings. The summed E-state index contributed by atoms with van der Waals surface area (Å²) in [5.74, 6) is 1.07. The molecule has 5 rings (SSSR count). The van der Waals surface area contributed by atoms with Crippen molar-refractivity contribution in [2.24, 2.45) is 0 Å². The van der Waals surface area contributed by atoms with Gasteiger partial charge in [0.25, 0.3) is 0 Å². The molecule has 10 heteroatoms. The third-order valence-electron chi connectivity index (χ3n) is 4.75. The number of nitrogen functional groups attached to an aromatic ring is 1. The van der Waals surface area contributed by atoms with Crippen molar-refractivity contribution in [1.82, 2.24) is 34.9 Å². The van der Waals surface area contributed by atoms with Crippen LogP contribution in [0.4, 0.5) is 11.8 Å². The third kappa shape index (κ3) is 2.58. The first-order chi connectivity index (χ1) is 12.8. The molecule has 0 unspecified atom stereocenters. The normalized spacial score (nSPS) is 15.8. The minimum atomic E-state index is 0.249. The van der Waals surface area contributed by atoms with E-state index in [2.05, 4.69) is 52.0 Å². The fraction of sp³-hybridized carbons (Fsp3) is 0.312. The largest absolute Gasteiger partial charge is 0.368 e. The fourth-order valence-electron chi connectivity index (χ4n) is 3.40. The van der Waals surface area contributed by atoms with Gasteiger partial charge in [0.05, 0.1) is 18.6 Å². The lowest BCUT2D eigenvalue weighted by Crippen LogP contribution is -2.35. The number of nitrogens with zero attached hydrogens (tertiary/aromatic N) is 7. The quantitative estimate of drug-likeness (QED) is 0.570. The van der Waals surface area contributed by atoms with E-state index in [0.717, 1.165) is 48.5 Å². The highest BCUT2D eigenvalue weighted by atomic mass is 32.1.